The smallest absolute Gasteiger partial charge is 0.243 e. The van der Waals surface area contributed by atoms with Crippen molar-refractivity contribution in [2.24, 2.45) is 0 Å². The predicted molar refractivity (Wildman–Crippen MR) is 116 cm³/mol. The molecule has 3 heterocycles. The predicted octanol–water partition coefficient (Wildman–Crippen LogP) is 3.38. The number of pyridine rings is 1. The molecule has 1 aliphatic heterocycles. The highest BCUT2D eigenvalue weighted by Crippen LogP contribution is 2.32. The van der Waals surface area contributed by atoms with Crippen molar-refractivity contribution in [1.82, 2.24) is 18.8 Å². The van der Waals surface area contributed by atoms with Gasteiger partial charge in [-0.1, -0.05) is 26.0 Å². The third-order valence-corrected chi connectivity index (χ3v) is 7.63. The van der Waals surface area contributed by atoms with E-state index in [4.69, 9.17) is 9.72 Å². The molecule has 7 nitrogen and oxygen atoms in total. The van der Waals surface area contributed by atoms with E-state index in [1.807, 2.05) is 24.3 Å². The van der Waals surface area contributed by atoms with Gasteiger partial charge in [-0.05, 0) is 42.2 Å². The lowest BCUT2D eigenvalue weighted by Gasteiger charge is -2.18. The van der Waals surface area contributed by atoms with Crippen molar-refractivity contribution >= 4 is 21.2 Å². The molecule has 4 rings (SSSR count). The zero-order valence-electron chi connectivity index (χ0n) is 17.7. The van der Waals surface area contributed by atoms with Crippen molar-refractivity contribution in [1.29, 1.82) is 0 Å². The lowest BCUT2D eigenvalue weighted by atomic mass is 10.0. The third-order valence-electron chi connectivity index (χ3n) is 5.75. The summed E-state index contributed by atoms with van der Waals surface area (Å²) in [5.41, 5.74) is 2.77. The molecule has 0 bridgehead atoms. The number of ether oxygens (including phenoxy) is 1. The maximum absolute atomic E-state index is 13.2. The van der Waals surface area contributed by atoms with Gasteiger partial charge in [0.15, 0.2) is 5.65 Å². The van der Waals surface area contributed by atoms with Crippen molar-refractivity contribution in [3.8, 4) is 0 Å². The molecule has 0 saturated carbocycles. The second-order valence-electron chi connectivity index (χ2n) is 8.03. The van der Waals surface area contributed by atoms with E-state index in [2.05, 4.69) is 23.4 Å². The highest BCUT2D eigenvalue weighted by Gasteiger charge is 2.35. The van der Waals surface area contributed by atoms with E-state index in [-0.39, 0.29) is 5.92 Å². The second kappa shape index (κ2) is 8.45. The summed E-state index contributed by atoms with van der Waals surface area (Å²) in [7, 11) is -1.86. The lowest BCUT2D eigenvalue weighted by molar-refractivity contribution is 0.187. The van der Waals surface area contributed by atoms with E-state index in [1.165, 1.54) is 0 Å². The van der Waals surface area contributed by atoms with Gasteiger partial charge in [0, 0.05) is 38.9 Å². The van der Waals surface area contributed by atoms with Crippen LogP contribution in [0.4, 0.5) is 0 Å². The number of sulfonamides is 1. The third kappa shape index (κ3) is 3.87. The number of hydrogen-bond donors (Lipinski definition) is 0. The summed E-state index contributed by atoms with van der Waals surface area (Å²) in [4.78, 5) is 9.62. The first-order valence-corrected chi connectivity index (χ1v) is 11.8. The molecule has 1 aliphatic rings. The second-order valence-corrected chi connectivity index (χ2v) is 9.97. The number of aromatic nitrogens is 3. The van der Waals surface area contributed by atoms with E-state index >= 15 is 0 Å². The SMILES string of the molecule is COCCn1c([C@@H]2CCN(S(=O)(=O)c3ccc(C(C)C)cc3)C2)nc2cccnc21. The van der Waals surface area contributed by atoms with Gasteiger partial charge in [-0.2, -0.15) is 4.31 Å². The van der Waals surface area contributed by atoms with Gasteiger partial charge in [-0.25, -0.2) is 18.4 Å². The summed E-state index contributed by atoms with van der Waals surface area (Å²) in [6, 6.07) is 11.0. The summed E-state index contributed by atoms with van der Waals surface area (Å²) in [5.74, 6) is 1.28. The quantitative estimate of drug-likeness (QED) is 0.577. The van der Waals surface area contributed by atoms with Gasteiger partial charge in [0.2, 0.25) is 10.0 Å². The standard InChI is InChI=1S/C22H28N4O3S/c1-16(2)17-6-8-19(9-7-17)30(27,28)25-12-10-18(15-25)21-24-20-5-4-11-23-22(20)26(21)13-14-29-3/h4-9,11,16,18H,10,12-15H2,1-3H3/t18-/m1/s1. The van der Waals surface area contributed by atoms with Crippen LogP contribution in [-0.4, -0.2) is 54.1 Å². The molecular formula is C22H28N4O3S. The van der Waals surface area contributed by atoms with Gasteiger partial charge in [0.05, 0.1) is 11.5 Å². The van der Waals surface area contributed by atoms with Crippen molar-refractivity contribution in [2.45, 2.75) is 43.5 Å². The zero-order chi connectivity index (χ0) is 21.3. The van der Waals surface area contributed by atoms with Crippen molar-refractivity contribution in [3.05, 3.63) is 54.0 Å². The number of hydrogen-bond acceptors (Lipinski definition) is 5. The number of nitrogens with zero attached hydrogens (tertiary/aromatic N) is 4. The highest BCUT2D eigenvalue weighted by atomic mass is 32.2. The molecule has 3 aromatic rings. The van der Waals surface area contributed by atoms with Crippen LogP contribution in [0.1, 0.15) is 43.5 Å². The van der Waals surface area contributed by atoms with Gasteiger partial charge in [-0.3, -0.25) is 0 Å². The normalized spacial score (nSPS) is 17.9. The highest BCUT2D eigenvalue weighted by molar-refractivity contribution is 7.89. The number of fused-ring (bicyclic) bond motifs is 1. The van der Waals surface area contributed by atoms with Crippen LogP contribution in [0, 0.1) is 0 Å². The summed E-state index contributed by atoms with van der Waals surface area (Å²) in [6.45, 7) is 6.29. The van der Waals surface area contributed by atoms with Crippen LogP contribution >= 0.6 is 0 Å². The van der Waals surface area contributed by atoms with E-state index < -0.39 is 10.0 Å². The Kier molecular flexibility index (Phi) is 5.90. The molecule has 0 spiro atoms. The molecule has 1 fully saturated rings. The Morgan fingerprint density at radius 2 is 1.97 bits per heavy atom. The van der Waals surface area contributed by atoms with E-state index in [9.17, 15) is 8.42 Å². The minimum absolute atomic E-state index is 0.0285. The molecule has 0 unspecified atom stereocenters. The molecule has 160 valence electrons. The molecule has 0 aliphatic carbocycles. The number of benzene rings is 1. The average Bonchev–Trinajstić information content (AvgIpc) is 3.37. The minimum Gasteiger partial charge on any atom is -0.383 e. The topological polar surface area (TPSA) is 77.3 Å². The largest absolute Gasteiger partial charge is 0.383 e. The molecule has 1 atom stereocenters. The Labute approximate surface area is 177 Å². The first kappa shape index (κ1) is 21.0. The fraction of sp³-hybridized carbons (Fsp3) is 0.455. The molecule has 2 aromatic heterocycles. The van der Waals surface area contributed by atoms with E-state index in [1.54, 1.807) is 29.7 Å². The first-order valence-electron chi connectivity index (χ1n) is 10.3. The Morgan fingerprint density at radius 3 is 2.67 bits per heavy atom. The summed E-state index contributed by atoms with van der Waals surface area (Å²) >= 11 is 0. The fourth-order valence-corrected chi connectivity index (χ4v) is 5.52. The van der Waals surface area contributed by atoms with Crippen LogP contribution < -0.4 is 0 Å². The zero-order valence-corrected chi connectivity index (χ0v) is 18.5. The van der Waals surface area contributed by atoms with Crippen molar-refractivity contribution in [2.75, 3.05) is 26.8 Å². The molecular weight excluding hydrogens is 400 g/mol. The van der Waals surface area contributed by atoms with E-state index in [0.717, 1.165) is 29.0 Å². The maximum atomic E-state index is 13.2. The van der Waals surface area contributed by atoms with Crippen LogP contribution in [0.5, 0.6) is 0 Å². The van der Waals surface area contributed by atoms with Gasteiger partial charge in [-0.15, -0.1) is 0 Å². The lowest BCUT2D eigenvalue weighted by Crippen LogP contribution is -2.29. The number of imidazole rings is 1. The Bertz CT molecular complexity index is 1120. The van der Waals surface area contributed by atoms with Gasteiger partial charge in [0.25, 0.3) is 0 Å². The molecule has 1 saturated heterocycles. The molecule has 30 heavy (non-hydrogen) atoms. The summed E-state index contributed by atoms with van der Waals surface area (Å²) < 4.78 is 35.3. The van der Waals surface area contributed by atoms with Crippen LogP contribution in [0.15, 0.2) is 47.5 Å². The minimum atomic E-state index is -3.53. The van der Waals surface area contributed by atoms with Crippen LogP contribution in [0.2, 0.25) is 0 Å². The van der Waals surface area contributed by atoms with Gasteiger partial charge >= 0.3 is 0 Å². The molecule has 0 amide bonds. The molecule has 0 radical (unpaired) electrons. The summed E-state index contributed by atoms with van der Waals surface area (Å²) in [6.07, 6.45) is 2.49. The molecule has 0 N–H and O–H groups in total. The number of methoxy groups -OCH3 is 1. The van der Waals surface area contributed by atoms with E-state index in [0.29, 0.717) is 37.1 Å². The van der Waals surface area contributed by atoms with Crippen molar-refractivity contribution < 1.29 is 13.2 Å². The Hall–Kier alpha value is -2.29. The van der Waals surface area contributed by atoms with Crippen LogP contribution in [0.3, 0.4) is 0 Å². The monoisotopic (exact) mass is 428 g/mol. The van der Waals surface area contributed by atoms with Gasteiger partial charge in [0.1, 0.15) is 11.3 Å². The summed E-state index contributed by atoms with van der Waals surface area (Å²) in [5, 5.41) is 0. The Morgan fingerprint density at radius 1 is 1.20 bits per heavy atom. The van der Waals surface area contributed by atoms with Crippen molar-refractivity contribution in [3.63, 3.8) is 0 Å². The van der Waals surface area contributed by atoms with Gasteiger partial charge < -0.3 is 9.30 Å². The van der Waals surface area contributed by atoms with Crippen LogP contribution in [0.25, 0.3) is 11.2 Å². The molecule has 8 heteroatoms. The maximum Gasteiger partial charge on any atom is 0.243 e. The number of rotatable bonds is 7. The Balaban J connectivity index is 1.60. The fourth-order valence-electron chi connectivity index (χ4n) is 4.02. The first-order chi connectivity index (χ1) is 14.4. The van der Waals surface area contributed by atoms with Crippen LogP contribution in [-0.2, 0) is 21.3 Å². The molecule has 1 aromatic carbocycles. The average molecular weight is 429 g/mol.